The molecule has 11 heteroatoms. The number of benzene rings is 2. The molecule has 3 rings (SSSR count). The molecule has 1 saturated heterocycles. The second-order valence-electron chi connectivity index (χ2n) is 6.90. The molecule has 0 aromatic heterocycles. The molecule has 3 amide bonds. The highest BCUT2D eigenvalue weighted by atomic mass is 35.5. The number of halogens is 2. The molecule has 1 heterocycles. The van der Waals surface area contributed by atoms with Gasteiger partial charge in [-0.1, -0.05) is 53.5 Å². The van der Waals surface area contributed by atoms with Gasteiger partial charge in [-0.3, -0.25) is 15.0 Å². The van der Waals surface area contributed by atoms with E-state index < -0.39 is 28.0 Å². The molecule has 31 heavy (non-hydrogen) atoms. The molecule has 166 valence electrons. The molecule has 8 nitrogen and oxygen atoms in total. The lowest BCUT2D eigenvalue weighted by molar-refractivity contribution is -0.126. The van der Waals surface area contributed by atoms with Crippen LogP contribution in [0.15, 0.2) is 53.4 Å². The Labute approximate surface area is 191 Å². The van der Waals surface area contributed by atoms with Crippen molar-refractivity contribution in [2.45, 2.75) is 10.9 Å². The molecule has 0 aliphatic carbocycles. The zero-order chi connectivity index (χ0) is 22.6. The Morgan fingerprint density at radius 2 is 1.65 bits per heavy atom. The van der Waals surface area contributed by atoms with E-state index in [0.717, 1.165) is 0 Å². The lowest BCUT2D eigenvalue weighted by atomic mass is 10.0. The van der Waals surface area contributed by atoms with Crippen LogP contribution in [0.2, 0.25) is 10.0 Å². The van der Waals surface area contributed by atoms with E-state index in [1.165, 1.54) is 29.6 Å². The predicted molar refractivity (Wildman–Crippen MR) is 119 cm³/mol. The maximum atomic E-state index is 13.1. The predicted octanol–water partition coefficient (Wildman–Crippen LogP) is 2.50. The van der Waals surface area contributed by atoms with Gasteiger partial charge >= 0.3 is 6.03 Å². The molecule has 1 atom stereocenters. The summed E-state index contributed by atoms with van der Waals surface area (Å²) in [5, 5.41) is 5.04. The van der Waals surface area contributed by atoms with Crippen LogP contribution in [0.5, 0.6) is 0 Å². The number of rotatable bonds is 5. The maximum Gasteiger partial charge on any atom is 0.321 e. The van der Waals surface area contributed by atoms with E-state index in [9.17, 15) is 18.0 Å². The first-order chi connectivity index (χ1) is 14.7. The topological polar surface area (TPSA) is 98.8 Å². The lowest BCUT2D eigenvalue weighted by Crippen LogP contribution is -2.53. The molecule has 1 aliphatic heterocycles. The van der Waals surface area contributed by atoms with Crippen LogP contribution < -0.4 is 10.6 Å². The molecule has 0 radical (unpaired) electrons. The van der Waals surface area contributed by atoms with Gasteiger partial charge in [0.2, 0.25) is 15.9 Å². The smallest absolute Gasteiger partial charge is 0.321 e. The average molecular weight is 485 g/mol. The molecular formula is C20H22Cl2N4O4S. The molecule has 0 spiro atoms. The molecular weight excluding hydrogens is 463 g/mol. The lowest BCUT2D eigenvalue weighted by Gasteiger charge is -2.38. The van der Waals surface area contributed by atoms with E-state index in [-0.39, 0.29) is 41.1 Å². The number of carbonyl (C=O) groups excluding carboxylic acids is 2. The summed E-state index contributed by atoms with van der Waals surface area (Å²) in [5.74, 6) is -0.486. The van der Waals surface area contributed by atoms with Gasteiger partial charge in [-0.05, 0) is 23.8 Å². The Kier molecular flexibility index (Phi) is 7.55. The van der Waals surface area contributed by atoms with Gasteiger partial charge in [0.15, 0.2) is 0 Å². The number of urea groups is 1. The number of nitrogens with zero attached hydrogens (tertiary/aromatic N) is 2. The monoisotopic (exact) mass is 484 g/mol. The number of carbonyl (C=O) groups is 2. The minimum atomic E-state index is -3.85. The van der Waals surface area contributed by atoms with Gasteiger partial charge in [0.05, 0.1) is 5.02 Å². The zero-order valence-corrected chi connectivity index (χ0v) is 19.0. The fourth-order valence-corrected chi connectivity index (χ4v) is 5.58. The SMILES string of the molecule is CNC(=O)NC(=O)C(c1ccccc1)N1CCN(S(=O)(=O)c2cc(Cl)ccc2Cl)CC1. The Morgan fingerprint density at radius 3 is 2.26 bits per heavy atom. The average Bonchev–Trinajstić information content (AvgIpc) is 2.76. The standard InChI is InChI=1S/C20H22Cl2N4O4S/c1-23-20(28)24-19(27)18(14-5-3-2-4-6-14)25-9-11-26(12-10-25)31(29,30)17-13-15(21)7-8-16(17)22/h2-8,13,18H,9-12H2,1H3,(H2,23,24,27,28). The zero-order valence-electron chi connectivity index (χ0n) is 16.7. The largest absolute Gasteiger partial charge is 0.341 e. The van der Waals surface area contributed by atoms with E-state index in [0.29, 0.717) is 5.56 Å². The van der Waals surface area contributed by atoms with E-state index in [1.54, 1.807) is 24.3 Å². The third-order valence-electron chi connectivity index (χ3n) is 4.98. The summed E-state index contributed by atoms with van der Waals surface area (Å²) in [7, 11) is -2.43. The van der Waals surface area contributed by atoms with Crippen molar-refractivity contribution in [3.8, 4) is 0 Å². The Hall–Kier alpha value is -2.17. The highest BCUT2D eigenvalue weighted by Crippen LogP contribution is 2.29. The van der Waals surface area contributed by atoms with Crippen LogP contribution >= 0.6 is 23.2 Å². The molecule has 0 bridgehead atoms. The van der Waals surface area contributed by atoms with Crippen molar-refractivity contribution in [2.24, 2.45) is 0 Å². The molecule has 2 N–H and O–H groups in total. The van der Waals surface area contributed by atoms with Crippen LogP contribution in [0.4, 0.5) is 4.79 Å². The fourth-order valence-electron chi connectivity index (χ4n) is 3.42. The first kappa shape index (κ1) is 23.5. The van der Waals surface area contributed by atoms with Crippen LogP contribution in [0, 0.1) is 0 Å². The molecule has 1 fully saturated rings. The molecule has 1 aliphatic rings. The summed E-state index contributed by atoms with van der Waals surface area (Å²) < 4.78 is 27.4. The van der Waals surface area contributed by atoms with E-state index in [1.807, 2.05) is 11.0 Å². The molecule has 0 saturated carbocycles. The summed E-state index contributed by atoms with van der Waals surface area (Å²) in [6, 6.07) is 12.0. The summed E-state index contributed by atoms with van der Waals surface area (Å²) >= 11 is 12.1. The summed E-state index contributed by atoms with van der Waals surface area (Å²) in [4.78, 5) is 26.3. The first-order valence-corrected chi connectivity index (χ1v) is 11.7. The number of piperazine rings is 1. The number of hydrogen-bond acceptors (Lipinski definition) is 5. The summed E-state index contributed by atoms with van der Waals surface area (Å²) in [6.45, 7) is 0.889. The van der Waals surface area contributed by atoms with Crippen LogP contribution in [0.25, 0.3) is 0 Å². The maximum absolute atomic E-state index is 13.1. The van der Waals surface area contributed by atoms with Crippen molar-refractivity contribution in [2.75, 3.05) is 33.2 Å². The number of amides is 3. The van der Waals surface area contributed by atoms with Gasteiger partial charge < -0.3 is 5.32 Å². The van der Waals surface area contributed by atoms with Gasteiger partial charge in [0, 0.05) is 38.2 Å². The quantitative estimate of drug-likeness (QED) is 0.678. The highest BCUT2D eigenvalue weighted by molar-refractivity contribution is 7.89. The molecule has 1 unspecified atom stereocenters. The van der Waals surface area contributed by atoms with Crippen LogP contribution in [0.1, 0.15) is 11.6 Å². The first-order valence-electron chi connectivity index (χ1n) is 9.51. The van der Waals surface area contributed by atoms with Gasteiger partial charge in [-0.25, -0.2) is 13.2 Å². The minimum Gasteiger partial charge on any atom is -0.341 e. The van der Waals surface area contributed by atoms with Gasteiger partial charge in [0.1, 0.15) is 10.9 Å². The van der Waals surface area contributed by atoms with Gasteiger partial charge in [-0.15, -0.1) is 0 Å². The number of sulfonamides is 1. The van der Waals surface area contributed by atoms with Gasteiger partial charge in [0.25, 0.3) is 0 Å². The van der Waals surface area contributed by atoms with E-state index in [2.05, 4.69) is 10.6 Å². The van der Waals surface area contributed by atoms with Crippen molar-refractivity contribution in [3.05, 3.63) is 64.1 Å². The molecule has 2 aromatic carbocycles. The van der Waals surface area contributed by atoms with Gasteiger partial charge in [-0.2, -0.15) is 4.31 Å². The summed E-state index contributed by atoms with van der Waals surface area (Å²) in [5.41, 5.74) is 0.707. The second kappa shape index (κ2) is 9.97. The number of nitrogens with one attached hydrogen (secondary N) is 2. The normalized spacial score (nSPS) is 16.5. The van der Waals surface area contributed by atoms with Crippen molar-refractivity contribution >= 4 is 45.2 Å². The van der Waals surface area contributed by atoms with Crippen molar-refractivity contribution < 1.29 is 18.0 Å². The van der Waals surface area contributed by atoms with E-state index >= 15 is 0 Å². The fraction of sp³-hybridized carbons (Fsp3) is 0.300. The highest BCUT2D eigenvalue weighted by Gasteiger charge is 2.35. The van der Waals surface area contributed by atoms with Crippen molar-refractivity contribution in [1.82, 2.24) is 19.8 Å². The van der Waals surface area contributed by atoms with E-state index in [4.69, 9.17) is 23.2 Å². The van der Waals surface area contributed by atoms with Crippen LogP contribution in [-0.2, 0) is 14.8 Å². The Balaban J connectivity index is 1.80. The summed E-state index contributed by atoms with van der Waals surface area (Å²) in [6.07, 6.45) is 0. The van der Waals surface area contributed by atoms with Crippen molar-refractivity contribution in [3.63, 3.8) is 0 Å². The van der Waals surface area contributed by atoms with Crippen molar-refractivity contribution in [1.29, 1.82) is 0 Å². The van der Waals surface area contributed by atoms with Crippen LogP contribution in [-0.4, -0.2) is 62.8 Å². The minimum absolute atomic E-state index is 0.0490. The number of hydrogen-bond donors (Lipinski definition) is 2. The number of imide groups is 1. The molecule has 2 aromatic rings. The third kappa shape index (κ3) is 5.36. The second-order valence-corrected chi connectivity index (χ2v) is 9.65. The Morgan fingerprint density at radius 1 is 1.00 bits per heavy atom. The van der Waals surface area contributed by atoms with Crippen LogP contribution in [0.3, 0.4) is 0 Å². The Bertz CT molecular complexity index is 1060. The third-order valence-corrected chi connectivity index (χ3v) is 7.59.